The molecule has 30 heavy (non-hydrogen) atoms. The van der Waals surface area contributed by atoms with Gasteiger partial charge < -0.3 is 10.6 Å². The zero-order chi connectivity index (χ0) is 21.7. The van der Waals surface area contributed by atoms with Crippen molar-refractivity contribution in [3.05, 3.63) is 76.5 Å². The summed E-state index contributed by atoms with van der Waals surface area (Å²) in [5.74, 6) is -0.0340. The Bertz CT molecular complexity index is 1090. The SMILES string of the molecule is CC.CNCc1ccc(-c2ccc(-c3ccc4c(c3)C(=O)NC4)nc2C)cc1C=O. The molecule has 2 N–H and O–H groups in total. The van der Waals surface area contributed by atoms with E-state index in [9.17, 15) is 9.59 Å². The molecule has 3 aromatic rings. The molecule has 0 aliphatic carbocycles. The van der Waals surface area contributed by atoms with Gasteiger partial charge >= 0.3 is 0 Å². The summed E-state index contributed by atoms with van der Waals surface area (Å²) < 4.78 is 0. The van der Waals surface area contributed by atoms with Crippen LogP contribution in [0.25, 0.3) is 22.4 Å². The molecule has 4 rings (SSSR count). The molecular weight excluding hydrogens is 374 g/mol. The minimum atomic E-state index is -0.0340. The van der Waals surface area contributed by atoms with Crippen LogP contribution in [0, 0.1) is 6.92 Å². The molecule has 0 fully saturated rings. The summed E-state index contributed by atoms with van der Waals surface area (Å²) in [6.45, 7) is 7.19. The fraction of sp³-hybridized carbons (Fsp3) is 0.240. The first-order chi connectivity index (χ1) is 14.6. The number of hydrogen-bond acceptors (Lipinski definition) is 4. The summed E-state index contributed by atoms with van der Waals surface area (Å²) in [5, 5.41) is 5.91. The maximum Gasteiger partial charge on any atom is 0.251 e. The Morgan fingerprint density at radius 1 is 1.03 bits per heavy atom. The lowest BCUT2D eigenvalue weighted by Gasteiger charge is -2.11. The third-order valence-corrected chi connectivity index (χ3v) is 5.13. The lowest BCUT2D eigenvalue weighted by atomic mass is 9.97. The Balaban J connectivity index is 0.00000124. The minimum Gasteiger partial charge on any atom is -0.348 e. The van der Waals surface area contributed by atoms with E-state index in [0.717, 1.165) is 51.1 Å². The first-order valence-electron chi connectivity index (χ1n) is 10.2. The Hall–Kier alpha value is -3.31. The lowest BCUT2D eigenvalue weighted by Crippen LogP contribution is -2.12. The van der Waals surface area contributed by atoms with Crippen LogP contribution in [0.3, 0.4) is 0 Å². The molecule has 2 heterocycles. The molecule has 5 heteroatoms. The number of nitrogens with one attached hydrogen (secondary N) is 2. The van der Waals surface area contributed by atoms with E-state index in [1.807, 2.05) is 76.3 Å². The molecule has 0 atom stereocenters. The van der Waals surface area contributed by atoms with Crippen LogP contribution >= 0.6 is 0 Å². The first-order valence-corrected chi connectivity index (χ1v) is 10.2. The van der Waals surface area contributed by atoms with Gasteiger partial charge in [0.05, 0.1) is 5.69 Å². The highest BCUT2D eigenvalue weighted by molar-refractivity contribution is 5.99. The number of aldehydes is 1. The number of fused-ring (bicyclic) bond motifs is 1. The number of hydrogen-bond donors (Lipinski definition) is 2. The van der Waals surface area contributed by atoms with Gasteiger partial charge in [0.2, 0.25) is 0 Å². The van der Waals surface area contributed by atoms with Crippen molar-refractivity contribution < 1.29 is 9.59 Å². The lowest BCUT2D eigenvalue weighted by molar-refractivity contribution is 0.0965. The van der Waals surface area contributed by atoms with Crippen LogP contribution in [0.2, 0.25) is 0 Å². The second-order valence-corrected chi connectivity index (χ2v) is 6.95. The number of amides is 1. The van der Waals surface area contributed by atoms with Crippen LogP contribution in [0.15, 0.2) is 48.5 Å². The normalized spacial score (nSPS) is 11.9. The molecule has 5 nitrogen and oxygen atoms in total. The molecule has 0 unspecified atom stereocenters. The maximum absolute atomic E-state index is 11.9. The highest BCUT2D eigenvalue weighted by Gasteiger charge is 2.19. The Labute approximate surface area is 177 Å². The molecule has 1 aromatic heterocycles. The van der Waals surface area contributed by atoms with Crippen molar-refractivity contribution in [2.75, 3.05) is 7.05 Å². The number of aryl methyl sites for hydroxylation is 1. The molecule has 1 amide bonds. The van der Waals surface area contributed by atoms with Crippen molar-refractivity contribution in [2.45, 2.75) is 33.9 Å². The molecular formula is C25H27N3O2. The predicted octanol–water partition coefficient (Wildman–Crippen LogP) is 4.53. The van der Waals surface area contributed by atoms with Crippen molar-refractivity contribution >= 4 is 12.2 Å². The van der Waals surface area contributed by atoms with E-state index in [-0.39, 0.29) is 5.91 Å². The Morgan fingerprint density at radius 2 is 1.80 bits per heavy atom. The average Bonchev–Trinajstić information content (AvgIpc) is 3.16. The summed E-state index contributed by atoms with van der Waals surface area (Å²) in [5.41, 5.74) is 7.96. The Morgan fingerprint density at radius 3 is 2.50 bits per heavy atom. The van der Waals surface area contributed by atoms with E-state index in [1.54, 1.807) is 0 Å². The van der Waals surface area contributed by atoms with Gasteiger partial charge in [0.15, 0.2) is 0 Å². The van der Waals surface area contributed by atoms with E-state index in [4.69, 9.17) is 4.98 Å². The largest absolute Gasteiger partial charge is 0.348 e. The van der Waals surface area contributed by atoms with E-state index in [2.05, 4.69) is 10.6 Å². The van der Waals surface area contributed by atoms with Crippen LogP contribution in [-0.4, -0.2) is 24.2 Å². The average molecular weight is 402 g/mol. The number of carbonyl (C=O) groups excluding carboxylic acids is 2. The van der Waals surface area contributed by atoms with Crippen LogP contribution in [0.5, 0.6) is 0 Å². The number of rotatable bonds is 5. The van der Waals surface area contributed by atoms with E-state index >= 15 is 0 Å². The van der Waals surface area contributed by atoms with Gasteiger partial charge in [-0.1, -0.05) is 44.2 Å². The zero-order valence-electron chi connectivity index (χ0n) is 17.9. The molecule has 0 bridgehead atoms. The number of pyridine rings is 1. The monoisotopic (exact) mass is 401 g/mol. The third-order valence-electron chi connectivity index (χ3n) is 5.13. The maximum atomic E-state index is 11.9. The summed E-state index contributed by atoms with van der Waals surface area (Å²) in [7, 11) is 1.86. The quantitative estimate of drug-likeness (QED) is 0.617. The van der Waals surface area contributed by atoms with Crippen LogP contribution in [0.1, 0.15) is 51.4 Å². The molecule has 154 valence electrons. The topological polar surface area (TPSA) is 71.1 Å². The van der Waals surface area contributed by atoms with Crippen LogP contribution in [-0.2, 0) is 13.1 Å². The van der Waals surface area contributed by atoms with Gasteiger partial charge in [-0.3, -0.25) is 14.6 Å². The number of aromatic nitrogens is 1. The molecule has 0 radical (unpaired) electrons. The Kier molecular flexibility index (Phi) is 6.75. The standard InChI is InChI=1S/C23H21N3O2.C2H6/c1-14-20(15-3-5-17(11-24-2)19(9-15)13-27)7-8-22(26-14)16-4-6-18-12-25-23(28)21(18)10-16;1-2/h3-10,13,24H,11-12H2,1-2H3,(H,25,28);1-2H3. The van der Waals surface area contributed by atoms with Gasteiger partial charge in [0, 0.05) is 41.0 Å². The zero-order valence-corrected chi connectivity index (χ0v) is 17.9. The van der Waals surface area contributed by atoms with Crippen molar-refractivity contribution in [3.63, 3.8) is 0 Å². The van der Waals surface area contributed by atoms with Gasteiger partial charge in [0.25, 0.3) is 5.91 Å². The second-order valence-electron chi connectivity index (χ2n) is 6.95. The highest BCUT2D eigenvalue weighted by atomic mass is 16.1. The van der Waals surface area contributed by atoms with Crippen LogP contribution < -0.4 is 10.6 Å². The number of carbonyl (C=O) groups is 2. The highest BCUT2D eigenvalue weighted by Crippen LogP contribution is 2.29. The fourth-order valence-electron chi connectivity index (χ4n) is 3.62. The number of nitrogens with zero attached hydrogens (tertiary/aromatic N) is 1. The summed E-state index contributed by atoms with van der Waals surface area (Å²) in [6, 6.07) is 15.7. The van der Waals surface area contributed by atoms with Crippen LogP contribution in [0.4, 0.5) is 0 Å². The predicted molar refractivity (Wildman–Crippen MR) is 121 cm³/mol. The molecule has 1 aliphatic heterocycles. The molecule has 1 aliphatic rings. The molecule has 0 saturated carbocycles. The summed E-state index contributed by atoms with van der Waals surface area (Å²) in [4.78, 5) is 28.1. The van der Waals surface area contributed by atoms with Gasteiger partial charge in [-0.15, -0.1) is 0 Å². The summed E-state index contributed by atoms with van der Waals surface area (Å²) >= 11 is 0. The van der Waals surface area contributed by atoms with Gasteiger partial charge in [-0.2, -0.15) is 0 Å². The van der Waals surface area contributed by atoms with Gasteiger partial charge in [0.1, 0.15) is 6.29 Å². The van der Waals surface area contributed by atoms with Gasteiger partial charge in [-0.05, 0) is 48.9 Å². The molecule has 2 aromatic carbocycles. The minimum absolute atomic E-state index is 0.0340. The van der Waals surface area contributed by atoms with Gasteiger partial charge in [-0.25, -0.2) is 0 Å². The van der Waals surface area contributed by atoms with Crippen molar-refractivity contribution in [1.82, 2.24) is 15.6 Å². The van der Waals surface area contributed by atoms with E-state index in [0.29, 0.717) is 18.7 Å². The second kappa shape index (κ2) is 9.46. The summed E-state index contributed by atoms with van der Waals surface area (Å²) in [6.07, 6.45) is 0.892. The van der Waals surface area contributed by atoms with E-state index < -0.39 is 0 Å². The van der Waals surface area contributed by atoms with Crippen molar-refractivity contribution in [1.29, 1.82) is 0 Å². The van der Waals surface area contributed by atoms with E-state index in [1.165, 1.54) is 0 Å². The molecule has 0 spiro atoms. The smallest absolute Gasteiger partial charge is 0.251 e. The van der Waals surface area contributed by atoms with Crippen molar-refractivity contribution in [2.24, 2.45) is 0 Å². The fourth-order valence-corrected chi connectivity index (χ4v) is 3.62. The first kappa shape index (κ1) is 21.4. The third kappa shape index (κ3) is 4.16. The number of benzene rings is 2. The molecule has 0 saturated heterocycles. The van der Waals surface area contributed by atoms with Crippen molar-refractivity contribution in [3.8, 4) is 22.4 Å².